The van der Waals surface area contributed by atoms with Crippen LogP contribution in [-0.2, 0) is 14.4 Å². The molecule has 104 valence electrons. The Bertz CT molecular complexity index is 411. The number of rotatable bonds is 8. The highest BCUT2D eigenvalue weighted by Crippen LogP contribution is 1.90. The van der Waals surface area contributed by atoms with E-state index in [2.05, 4.69) is 16.0 Å². The van der Waals surface area contributed by atoms with Crippen LogP contribution >= 0.6 is 0 Å². The van der Waals surface area contributed by atoms with Crippen LogP contribution in [0, 0.1) is 11.3 Å². The van der Waals surface area contributed by atoms with E-state index in [1.165, 1.54) is 13.1 Å². The van der Waals surface area contributed by atoms with Crippen LogP contribution in [0.3, 0.4) is 0 Å². The molecule has 8 heteroatoms. The van der Waals surface area contributed by atoms with Crippen molar-refractivity contribution < 1.29 is 19.5 Å². The maximum atomic E-state index is 11.4. The Kier molecular flexibility index (Phi) is 8.19. The SMILES string of the molecule is CC(=O)NCCN/C=C(/C#N)C(=O)NCCC(=O)O. The number of nitrogens with one attached hydrogen (secondary N) is 3. The second-order valence-corrected chi connectivity index (χ2v) is 3.51. The first-order chi connectivity index (χ1) is 8.97. The molecule has 0 aromatic rings. The number of hydrogen-bond acceptors (Lipinski definition) is 5. The van der Waals surface area contributed by atoms with E-state index in [0.717, 1.165) is 0 Å². The van der Waals surface area contributed by atoms with Gasteiger partial charge in [0.1, 0.15) is 11.6 Å². The lowest BCUT2D eigenvalue weighted by molar-refractivity contribution is -0.136. The molecule has 4 N–H and O–H groups in total. The minimum absolute atomic E-state index is 0.0426. The Labute approximate surface area is 110 Å². The number of carboxylic acids is 1. The molecule has 0 rings (SSSR count). The molecule has 0 aromatic carbocycles. The van der Waals surface area contributed by atoms with Gasteiger partial charge in [-0.15, -0.1) is 0 Å². The molecule has 2 amide bonds. The van der Waals surface area contributed by atoms with Crippen molar-refractivity contribution in [3.63, 3.8) is 0 Å². The Balaban J connectivity index is 4.03. The van der Waals surface area contributed by atoms with Crippen molar-refractivity contribution in [2.24, 2.45) is 0 Å². The molecule has 0 fully saturated rings. The van der Waals surface area contributed by atoms with Crippen molar-refractivity contribution in [2.75, 3.05) is 19.6 Å². The van der Waals surface area contributed by atoms with Gasteiger partial charge in [0.25, 0.3) is 5.91 Å². The van der Waals surface area contributed by atoms with E-state index in [0.29, 0.717) is 13.1 Å². The first kappa shape index (κ1) is 16.4. The Morgan fingerprint density at radius 1 is 1.21 bits per heavy atom. The lowest BCUT2D eigenvalue weighted by Crippen LogP contribution is -2.30. The molecule has 0 saturated carbocycles. The van der Waals surface area contributed by atoms with Gasteiger partial charge >= 0.3 is 5.97 Å². The molecule has 0 bridgehead atoms. The number of nitriles is 1. The number of aliphatic carboxylic acids is 1. The summed E-state index contributed by atoms with van der Waals surface area (Å²) in [5.74, 6) is -1.84. The third kappa shape index (κ3) is 9.17. The normalized spacial score (nSPS) is 10.2. The third-order valence-corrected chi connectivity index (χ3v) is 1.88. The fraction of sp³-hybridized carbons (Fsp3) is 0.455. The average molecular weight is 268 g/mol. The molecule has 0 aliphatic carbocycles. The van der Waals surface area contributed by atoms with Gasteiger partial charge in [-0.3, -0.25) is 14.4 Å². The molecule has 0 heterocycles. The minimum atomic E-state index is -1.03. The van der Waals surface area contributed by atoms with Crippen molar-refractivity contribution in [3.8, 4) is 6.07 Å². The summed E-state index contributed by atoms with van der Waals surface area (Å²) in [4.78, 5) is 32.2. The van der Waals surface area contributed by atoms with Crippen LogP contribution in [0.15, 0.2) is 11.8 Å². The summed E-state index contributed by atoms with van der Waals surface area (Å²) >= 11 is 0. The number of amides is 2. The van der Waals surface area contributed by atoms with Crippen molar-refractivity contribution in [3.05, 3.63) is 11.8 Å². The maximum absolute atomic E-state index is 11.4. The van der Waals surface area contributed by atoms with Gasteiger partial charge in [-0.25, -0.2) is 0 Å². The van der Waals surface area contributed by atoms with E-state index >= 15 is 0 Å². The van der Waals surface area contributed by atoms with Crippen LogP contribution in [0.25, 0.3) is 0 Å². The highest BCUT2D eigenvalue weighted by Gasteiger charge is 2.08. The minimum Gasteiger partial charge on any atom is -0.481 e. The van der Waals surface area contributed by atoms with Crippen molar-refractivity contribution in [1.29, 1.82) is 5.26 Å². The van der Waals surface area contributed by atoms with Gasteiger partial charge in [-0.05, 0) is 0 Å². The van der Waals surface area contributed by atoms with Gasteiger partial charge in [0, 0.05) is 32.8 Å². The van der Waals surface area contributed by atoms with Gasteiger partial charge in [-0.1, -0.05) is 0 Å². The molecule has 0 aromatic heterocycles. The van der Waals surface area contributed by atoms with E-state index < -0.39 is 11.9 Å². The van der Waals surface area contributed by atoms with Gasteiger partial charge < -0.3 is 21.1 Å². The van der Waals surface area contributed by atoms with E-state index in [-0.39, 0.29) is 24.4 Å². The average Bonchev–Trinajstić information content (AvgIpc) is 2.32. The first-order valence-corrected chi connectivity index (χ1v) is 5.55. The van der Waals surface area contributed by atoms with Crippen molar-refractivity contribution in [1.82, 2.24) is 16.0 Å². The van der Waals surface area contributed by atoms with Crippen LogP contribution in [0.5, 0.6) is 0 Å². The Morgan fingerprint density at radius 2 is 1.89 bits per heavy atom. The van der Waals surface area contributed by atoms with Crippen LogP contribution in [0.1, 0.15) is 13.3 Å². The fourth-order valence-corrected chi connectivity index (χ4v) is 1.01. The van der Waals surface area contributed by atoms with Gasteiger partial charge in [0.2, 0.25) is 5.91 Å². The van der Waals surface area contributed by atoms with E-state index in [1.54, 1.807) is 6.07 Å². The zero-order valence-electron chi connectivity index (χ0n) is 10.5. The Morgan fingerprint density at radius 3 is 2.42 bits per heavy atom. The summed E-state index contributed by atoms with van der Waals surface area (Å²) in [5, 5.41) is 24.7. The predicted octanol–water partition coefficient (Wildman–Crippen LogP) is -1.29. The van der Waals surface area contributed by atoms with Crippen LogP contribution < -0.4 is 16.0 Å². The number of carbonyl (C=O) groups is 3. The molecule has 8 nitrogen and oxygen atoms in total. The number of carboxylic acid groups (broad SMARTS) is 1. The topological polar surface area (TPSA) is 131 Å². The van der Waals surface area contributed by atoms with Gasteiger partial charge in [0.15, 0.2) is 0 Å². The van der Waals surface area contributed by atoms with E-state index in [4.69, 9.17) is 10.4 Å². The summed E-state index contributed by atoms with van der Waals surface area (Å²) in [5.41, 5.74) is -0.159. The second kappa shape index (κ2) is 9.47. The van der Waals surface area contributed by atoms with Crippen molar-refractivity contribution in [2.45, 2.75) is 13.3 Å². The molecule has 0 aliphatic rings. The summed E-state index contributed by atoms with van der Waals surface area (Å²) in [6.45, 7) is 2.07. The summed E-state index contributed by atoms with van der Waals surface area (Å²) in [7, 11) is 0. The predicted molar refractivity (Wildman–Crippen MR) is 65.6 cm³/mol. The first-order valence-electron chi connectivity index (χ1n) is 5.55. The number of nitrogens with zero attached hydrogens (tertiary/aromatic N) is 1. The van der Waals surface area contributed by atoms with Gasteiger partial charge in [0.05, 0.1) is 6.42 Å². The third-order valence-electron chi connectivity index (χ3n) is 1.88. The lowest BCUT2D eigenvalue weighted by atomic mass is 10.3. The van der Waals surface area contributed by atoms with Crippen LogP contribution in [0.4, 0.5) is 0 Å². The number of carbonyl (C=O) groups excluding carboxylic acids is 2. The summed E-state index contributed by atoms with van der Waals surface area (Å²) in [6, 6.07) is 1.69. The van der Waals surface area contributed by atoms with Crippen LogP contribution in [-0.4, -0.2) is 42.5 Å². The number of hydrogen-bond donors (Lipinski definition) is 4. The molecular formula is C11H16N4O4. The second-order valence-electron chi connectivity index (χ2n) is 3.51. The smallest absolute Gasteiger partial charge is 0.305 e. The largest absolute Gasteiger partial charge is 0.481 e. The zero-order chi connectivity index (χ0) is 14.7. The van der Waals surface area contributed by atoms with E-state index in [1.807, 2.05) is 0 Å². The van der Waals surface area contributed by atoms with E-state index in [9.17, 15) is 14.4 Å². The molecule has 0 spiro atoms. The standard InChI is InChI=1S/C11H16N4O4/c1-8(16)14-5-4-13-7-9(6-12)11(19)15-3-2-10(17)18/h7,13H,2-5H2,1H3,(H,14,16)(H,15,19)(H,17,18)/b9-7-. The molecule has 0 unspecified atom stereocenters. The fourth-order valence-electron chi connectivity index (χ4n) is 1.01. The maximum Gasteiger partial charge on any atom is 0.305 e. The van der Waals surface area contributed by atoms with Crippen molar-refractivity contribution >= 4 is 17.8 Å². The molecule has 0 saturated heterocycles. The molecule has 19 heavy (non-hydrogen) atoms. The Hall–Kier alpha value is -2.56. The molecule has 0 radical (unpaired) electrons. The van der Waals surface area contributed by atoms with Crippen LogP contribution in [0.2, 0.25) is 0 Å². The highest BCUT2D eigenvalue weighted by atomic mass is 16.4. The summed E-state index contributed by atoms with van der Waals surface area (Å²) in [6.07, 6.45) is 1.01. The zero-order valence-corrected chi connectivity index (χ0v) is 10.5. The monoisotopic (exact) mass is 268 g/mol. The molecule has 0 atom stereocenters. The lowest BCUT2D eigenvalue weighted by Gasteiger charge is -2.04. The van der Waals surface area contributed by atoms with Gasteiger partial charge in [-0.2, -0.15) is 5.26 Å². The molecular weight excluding hydrogens is 252 g/mol. The summed E-state index contributed by atoms with van der Waals surface area (Å²) < 4.78 is 0. The molecule has 0 aliphatic heterocycles. The highest BCUT2D eigenvalue weighted by molar-refractivity contribution is 5.97. The quantitative estimate of drug-likeness (QED) is 0.246.